The molecule has 1 aromatic carbocycles. The maximum absolute atomic E-state index is 5.48. The second-order valence-electron chi connectivity index (χ2n) is 6.69. The molecule has 108 valence electrons. The third-order valence-corrected chi connectivity index (χ3v) is 12.9. The van der Waals surface area contributed by atoms with Gasteiger partial charge < -0.3 is 0 Å². The van der Waals surface area contributed by atoms with E-state index in [9.17, 15) is 0 Å². The topological polar surface area (TPSA) is 18.5 Å². The molecule has 0 heterocycles. The first-order valence-corrected chi connectivity index (χ1v) is 17.8. The van der Waals surface area contributed by atoms with E-state index in [-0.39, 0.29) is 0 Å². The normalized spacial score (nSPS) is 24.1. The Bertz CT molecular complexity index is 601. The van der Waals surface area contributed by atoms with Gasteiger partial charge in [0.15, 0.2) is 0 Å². The van der Waals surface area contributed by atoms with Crippen molar-refractivity contribution in [2.75, 3.05) is 14.2 Å². The van der Waals surface area contributed by atoms with Crippen LogP contribution in [0.1, 0.15) is 29.4 Å². The second kappa shape index (κ2) is 4.94. The van der Waals surface area contributed by atoms with E-state index in [0.29, 0.717) is 11.8 Å². The standard InChI is InChI=1S/C13H12BrO2.3CH3.Sn/c1-15-12-5-8-7-3-10(11(14)4-7)9(8)6-13(12)16-2;;;;/h5-7,10H,3H2,1-2H3;3*1H3;/t7-,10-;;;;/m0..../s1. The number of hydrogen-bond acceptors (Lipinski definition) is 2. The van der Waals surface area contributed by atoms with Gasteiger partial charge >= 0.3 is 134 Å². The molecule has 2 aliphatic rings. The zero-order chi connectivity index (χ0) is 14.7. The number of allylic oxidation sites excluding steroid dienone is 2. The van der Waals surface area contributed by atoms with Gasteiger partial charge in [-0.2, -0.15) is 0 Å². The number of methoxy groups -OCH3 is 2. The number of fused-ring (bicyclic) bond motifs is 5. The van der Waals surface area contributed by atoms with Gasteiger partial charge in [-0.15, -0.1) is 0 Å². The molecule has 20 heavy (non-hydrogen) atoms. The van der Waals surface area contributed by atoms with Gasteiger partial charge in [-0.25, -0.2) is 0 Å². The van der Waals surface area contributed by atoms with Crippen molar-refractivity contribution in [3.63, 3.8) is 0 Å². The van der Waals surface area contributed by atoms with Crippen LogP contribution in [0.2, 0.25) is 14.8 Å². The first kappa shape index (κ1) is 14.8. The average Bonchev–Trinajstić information content (AvgIpc) is 2.91. The quantitative estimate of drug-likeness (QED) is 0.624. The summed E-state index contributed by atoms with van der Waals surface area (Å²) in [7, 11) is 3.42. The summed E-state index contributed by atoms with van der Waals surface area (Å²) in [6.45, 7) is 0. The summed E-state index contributed by atoms with van der Waals surface area (Å²) in [6, 6.07) is 4.38. The molecule has 2 nitrogen and oxygen atoms in total. The van der Waals surface area contributed by atoms with Gasteiger partial charge in [-0.1, -0.05) is 0 Å². The van der Waals surface area contributed by atoms with E-state index in [1.807, 2.05) is 0 Å². The number of rotatable bonds is 3. The molecule has 2 atom stereocenters. The van der Waals surface area contributed by atoms with Gasteiger partial charge in [0.05, 0.1) is 0 Å². The predicted octanol–water partition coefficient (Wildman–Crippen LogP) is 4.81. The summed E-state index contributed by atoms with van der Waals surface area (Å²) < 4.78 is 14.2. The minimum absolute atomic E-state index is 0.542. The number of benzene rings is 1. The van der Waals surface area contributed by atoms with Gasteiger partial charge in [0.2, 0.25) is 0 Å². The number of ether oxygens (including phenoxy) is 2. The van der Waals surface area contributed by atoms with Crippen molar-refractivity contribution >= 4 is 34.3 Å². The van der Waals surface area contributed by atoms with Crippen molar-refractivity contribution in [2.45, 2.75) is 33.1 Å². The molecule has 0 fully saturated rings. The molecule has 0 saturated heterocycles. The second-order valence-corrected chi connectivity index (χ2v) is 21.9. The van der Waals surface area contributed by atoms with Crippen molar-refractivity contribution in [2.24, 2.45) is 0 Å². The van der Waals surface area contributed by atoms with Gasteiger partial charge in [0, 0.05) is 0 Å². The van der Waals surface area contributed by atoms with Crippen molar-refractivity contribution in [3.8, 4) is 11.5 Å². The average molecular weight is 444 g/mol. The molecule has 0 aliphatic heterocycles. The molecule has 0 saturated carbocycles. The maximum atomic E-state index is 5.48. The Balaban J connectivity index is 2.14. The van der Waals surface area contributed by atoms with Gasteiger partial charge in [-0.05, 0) is 0 Å². The predicted molar refractivity (Wildman–Crippen MR) is 88.9 cm³/mol. The monoisotopic (exact) mass is 444 g/mol. The third kappa shape index (κ3) is 2.04. The third-order valence-electron chi connectivity index (χ3n) is 4.53. The zero-order valence-corrected chi connectivity index (χ0v) is 17.2. The fraction of sp³-hybridized carbons (Fsp3) is 0.500. The first-order chi connectivity index (χ1) is 9.38. The summed E-state index contributed by atoms with van der Waals surface area (Å²) in [5.74, 6) is 2.86. The van der Waals surface area contributed by atoms with Crippen molar-refractivity contribution in [1.82, 2.24) is 0 Å². The Kier molecular flexibility index (Phi) is 3.65. The first-order valence-electron chi connectivity index (χ1n) is 7.04. The van der Waals surface area contributed by atoms with Crippen LogP contribution in [-0.2, 0) is 0 Å². The van der Waals surface area contributed by atoms with Crippen LogP contribution in [0.15, 0.2) is 20.2 Å². The van der Waals surface area contributed by atoms with E-state index >= 15 is 0 Å². The van der Waals surface area contributed by atoms with E-state index in [1.54, 1.807) is 17.8 Å². The SMILES string of the molecule is COc1cc2c(cc1OC)[C@H]1C[C@@H]2C(Br)=[C]1[Sn]([CH3])([CH3])[CH3]. The molecule has 0 radical (unpaired) electrons. The van der Waals surface area contributed by atoms with Crippen molar-refractivity contribution < 1.29 is 9.47 Å². The van der Waals surface area contributed by atoms with Crippen LogP contribution in [-0.4, -0.2) is 32.6 Å². The van der Waals surface area contributed by atoms with Crippen LogP contribution < -0.4 is 9.47 Å². The van der Waals surface area contributed by atoms with Crippen molar-refractivity contribution in [3.05, 3.63) is 31.3 Å². The van der Waals surface area contributed by atoms with Gasteiger partial charge in [-0.3, -0.25) is 0 Å². The Hall–Kier alpha value is -0.161. The Morgan fingerprint density at radius 2 is 1.50 bits per heavy atom. The van der Waals surface area contributed by atoms with Crippen LogP contribution in [0.4, 0.5) is 0 Å². The summed E-state index contributed by atoms with van der Waals surface area (Å²) in [6.07, 6.45) is 1.23. The van der Waals surface area contributed by atoms with Crippen LogP contribution in [0.5, 0.6) is 11.5 Å². The van der Waals surface area contributed by atoms with E-state index in [1.165, 1.54) is 22.0 Å². The van der Waals surface area contributed by atoms with E-state index in [4.69, 9.17) is 9.47 Å². The van der Waals surface area contributed by atoms with E-state index in [0.717, 1.165) is 11.5 Å². The fourth-order valence-corrected chi connectivity index (χ4v) is 14.8. The van der Waals surface area contributed by atoms with Crippen LogP contribution in [0.3, 0.4) is 0 Å². The molecule has 0 spiro atoms. The number of hydrogen-bond donors (Lipinski definition) is 0. The molecular weight excluding hydrogens is 423 g/mol. The van der Waals surface area contributed by atoms with Gasteiger partial charge in [0.1, 0.15) is 0 Å². The van der Waals surface area contributed by atoms with Crippen LogP contribution in [0, 0.1) is 0 Å². The summed E-state index contributed by atoms with van der Waals surface area (Å²) >= 11 is 1.85. The fourth-order valence-electron chi connectivity index (χ4n) is 3.75. The Labute approximate surface area is 133 Å². The molecule has 4 heteroatoms. The Morgan fingerprint density at radius 3 is 1.95 bits per heavy atom. The summed E-state index contributed by atoms with van der Waals surface area (Å²) in [5, 5.41) is 0. The molecule has 0 unspecified atom stereocenters. The molecule has 2 bridgehead atoms. The summed E-state index contributed by atoms with van der Waals surface area (Å²) in [5.41, 5.74) is 2.90. The number of halogens is 1. The van der Waals surface area contributed by atoms with Crippen LogP contribution >= 0.6 is 15.9 Å². The molecule has 3 rings (SSSR count). The van der Waals surface area contributed by atoms with E-state index < -0.39 is 18.4 Å². The van der Waals surface area contributed by atoms with Crippen LogP contribution in [0.25, 0.3) is 0 Å². The minimum atomic E-state index is -2.06. The van der Waals surface area contributed by atoms with Crippen molar-refractivity contribution in [1.29, 1.82) is 0 Å². The van der Waals surface area contributed by atoms with Gasteiger partial charge in [0.25, 0.3) is 0 Å². The zero-order valence-electron chi connectivity index (χ0n) is 12.7. The summed E-state index contributed by atoms with van der Waals surface area (Å²) in [4.78, 5) is 7.52. The molecule has 0 aromatic heterocycles. The Morgan fingerprint density at radius 1 is 1.00 bits per heavy atom. The molecule has 2 aliphatic carbocycles. The molecule has 0 N–H and O–H groups in total. The van der Waals surface area contributed by atoms with E-state index in [2.05, 4.69) is 42.9 Å². The molecular formula is C16H21BrO2Sn. The molecule has 0 amide bonds. The molecule has 1 aromatic rings.